The molecule has 0 radical (unpaired) electrons. The molecule has 1 aliphatic heterocycles. The summed E-state index contributed by atoms with van der Waals surface area (Å²) in [5.74, 6) is -1.26. The first-order valence-corrected chi connectivity index (χ1v) is 13.2. The van der Waals surface area contributed by atoms with Crippen LogP contribution in [0.3, 0.4) is 0 Å². The summed E-state index contributed by atoms with van der Waals surface area (Å²) in [5, 5.41) is 19.5. The number of aliphatic hydroxyl groups excluding tert-OH is 1. The largest absolute Gasteiger partial charge is 0.416 e. The van der Waals surface area contributed by atoms with Crippen LogP contribution in [-0.4, -0.2) is 66.4 Å². The Morgan fingerprint density at radius 1 is 1.24 bits per heavy atom. The fraction of sp³-hybridized carbons (Fsp3) is 0.560. The Labute approximate surface area is 217 Å². The van der Waals surface area contributed by atoms with Crippen LogP contribution < -0.4 is 16.0 Å². The quantitative estimate of drug-likeness (QED) is 0.410. The second kappa shape index (κ2) is 11.9. The maximum absolute atomic E-state index is 12.9. The Morgan fingerprint density at radius 3 is 2.76 bits per heavy atom. The molecule has 1 saturated carbocycles. The number of hydrogen-bond donors (Lipinski definition) is 4. The fourth-order valence-corrected chi connectivity index (χ4v) is 6.29. The van der Waals surface area contributed by atoms with Gasteiger partial charge in [-0.3, -0.25) is 14.6 Å². The minimum atomic E-state index is -4.56. The molecule has 4 rings (SSSR count). The van der Waals surface area contributed by atoms with E-state index in [0.29, 0.717) is 26.1 Å². The van der Waals surface area contributed by atoms with Gasteiger partial charge in [-0.15, -0.1) is 11.3 Å². The van der Waals surface area contributed by atoms with E-state index in [2.05, 4.69) is 20.9 Å². The van der Waals surface area contributed by atoms with Crippen molar-refractivity contribution in [1.82, 2.24) is 20.9 Å². The fourth-order valence-electron chi connectivity index (χ4n) is 5.48. The first kappa shape index (κ1) is 27.5. The van der Waals surface area contributed by atoms with Gasteiger partial charge in [-0.2, -0.15) is 13.2 Å². The maximum atomic E-state index is 12.9. The molecule has 12 heteroatoms. The second-order valence-corrected chi connectivity index (χ2v) is 10.3. The minimum absolute atomic E-state index is 0.0441. The number of alkyl halides is 3. The molecule has 2 aliphatic rings. The van der Waals surface area contributed by atoms with E-state index in [4.69, 9.17) is 4.74 Å². The first-order chi connectivity index (χ1) is 17.7. The van der Waals surface area contributed by atoms with Gasteiger partial charge in [-0.05, 0) is 49.8 Å². The highest BCUT2D eigenvalue weighted by Gasteiger charge is 2.47. The van der Waals surface area contributed by atoms with Gasteiger partial charge >= 0.3 is 6.18 Å². The van der Waals surface area contributed by atoms with Gasteiger partial charge in [0.2, 0.25) is 5.91 Å². The summed E-state index contributed by atoms with van der Waals surface area (Å²) >= 11 is 1.49. The summed E-state index contributed by atoms with van der Waals surface area (Å²) in [6, 6.07) is 3.85. The third-order valence-corrected chi connectivity index (χ3v) is 8.02. The van der Waals surface area contributed by atoms with Crippen LogP contribution in [0.25, 0.3) is 0 Å². The van der Waals surface area contributed by atoms with Crippen molar-refractivity contribution < 1.29 is 32.6 Å². The van der Waals surface area contributed by atoms with Gasteiger partial charge in [0.25, 0.3) is 5.91 Å². The number of aliphatic hydroxyl groups is 1. The van der Waals surface area contributed by atoms with Crippen LogP contribution in [0.1, 0.15) is 46.5 Å². The van der Waals surface area contributed by atoms with E-state index in [-0.39, 0.29) is 42.0 Å². The number of hydrogen-bond acceptors (Lipinski definition) is 7. The highest BCUT2D eigenvalue weighted by Crippen LogP contribution is 2.44. The van der Waals surface area contributed by atoms with Crippen molar-refractivity contribution in [3.8, 4) is 0 Å². The van der Waals surface area contributed by atoms with Crippen LogP contribution in [0, 0.1) is 11.8 Å². The van der Waals surface area contributed by atoms with Crippen molar-refractivity contribution in [3.63, 3.8) is 0 Å². The molecule has 5 unspecified atom stereocenters. The Morgan fingerprint density at radius 2 is 2.05 bits per heavy atom. The van der Waals surface area contributed by atoms with Crippen molar-refractivity contribution in [3.05, 3.63) is 52.0 Å². The third kappa shape index (κ3) is 6.49. The topological polar surface area (TPSA) is 113 Å². The van der Waals surface area contributed by atoms with Gasteiger partial charge in [0.15, 0.2) is 0 Å². The van der Waals surface area contributed by atoms with Crippen molar-refractivity contribution in [1.29, 1.82) is 0 Å². The van der Waals surface area contributed by atoms with Crippen molar-refractivity contribution >= 4 is 23.2 Å². The molecule has 1 aromatic heterocycles. The lowest BCUT2D eigenvalue weighted by Gasteiger charge is -2.44. The van der Waals surface area contributed by atoms with Crippen molar-refractivity contribution in [2.45, 2.75) is 50.1 Å². The predicted octanol–water partition coefficient (Wildman–Crippen LogP) is 2.56. The van der Waals surface area contributed by atoms with Gasteiger partial charge in [0.1, 0.15) is 0 Å². The molecule has 0 spiro atoms. The number of thiazole rings is 1. The summed E-state index contributed by atoms with van der Waals surface area (Å²) in [5.41, 5.74) is 0.641. The van der Waals surface area contributed by atoms with Crippen molar-refractivity contribution in [2.24, 2.45) is 11.8 Å². The van der Waals surface area contributed by atoms with Gasteiger partial charge in [-0.1, -0.05) is 6.07 Å². The molecular weight excluding hydrogens is 509 g/mol. The molecule has 1 aliphatic carbocycles. The molecule has 2 aromatic rings. The molecule has 8 nitrogen and oxygen atoms in total. The van der Waals surface area contributed by atoms with Gasteiger partial charge in [0.05, 0.1) is 29.8 Å². The third-order valence-electron chi connectivity index (χ3n) is 7.14. The molecule has 4 N–H and O–H groups in total. The number of carbonyl (C=O) groups excluding carboxylic acids is 2. The van der Waals surface area contributed by atoms with E-state index in [1.165, 1.54) is 17.4 Å². The average molecular weight is 541 g/mol. The summed E-state index contributed by atoms with van der Waals surface area (Å²) in [7, 11) is 0. The molecule has 2 amide bonds. The molecule has 2 fully saturated rings. The first-order valence-electron chi connectivity index (χ1n) is 12.3. The predicted molar refractivity (Wildman–Crippen MR) is 131 cm³/mol. The van der Waals surface area contributed by atoms with E-state index < -0.39 is 29.7 Å². The van der Waals surface area contributed by atoms with E-state index in [1.54, 1.807) is 11.7 Å². The second-order valence-electron chi connectivity index (χ2n) is 9.42. The highest BCUT2D eigenvalue weighted by molar-refractivity contribution is 7.09. The molecule has 1 saturated heterocycles. The van der Waals surface area contributed by atoms with Crippen LogP contribution in [-0.2, 0) is 15.7 Å². The van der Waals surface area contributed by atoms with Crippen LogP contribution in [0.2, 0.25) is 0 Å². The summed E-state index contributed by atoms with van der Waals surface area (Å²) in [4.78, 5) is 30.2. The van der Waals surface area contributed by atoms with E-state index in [9.17, 15) is 27.9 Å². The number of rotatable bonds is 8. The smallest absolute Gasteiger partial charge is 0.392 e. The van der Waals surface area contributed by atoms with Gasteiger partial charge in [0, 0.05) is 48.3 Å². The number of halogens is 3. The molecule has 0 bridgehead atoms. The highest BCUT2D eigenvalue weighted by atomic mass is 32.1. The Hall–Kier alpha value is -2.54. The van der Waals surface area contributed by atoms with Gasteiger partial charge in [-0.25, -0.2) is 0 Å². The molecule has 2 heterocycles. The lowest BCUT2D eigenvalue weighted by atomic mass is 9.69. The van der Waals surface area contributed by atoms with Crippen LogP contribution >= 0.6 is 11.3 Å². The lowest BCUT2D eigenvalue weighted by molar-refractivity contribution is -0.137. The van der Waals surface area contributed by atoms with Gasteiger partial charge < -0.3 is 25.8 Å². The number of amides is 2. The average Bonchev–Trinajstić information content (AvgIpc) is 3.55. The molecule has 202 valence electrons. The monoisotopic (exact) mass is 540 g/mol. The summed E-state index contributed by atoms with van der Waals surface area (Å²) in [6.07, 6.45) is -2.22. The lowest BCUT2D eigenvalue weighted by Crippen LogP contribution is -2.51. The van der Waals surface area contributed by atoms with Crippen LogP contribution in [0.4, 0.5) is 13.2 Å². The van der Waals surface area contributed by atoms with E-state index >= 15 is 0 Å². The molecule has 6 atom stereocenters. The summed E-state index contributed by atoms with van der Waals surface area (Å²) in [6.45, 7) is 3.26. The van der Waals surface area contributed by atoms with Crippen LogP contribution in [0.5, 0.6) is 0 Å². The summed E-state index contributed by atoms with van der Waals surface area (Å²) < 4.78 is 45.0. The number of aromatic nitrogens is 1. The number of carbonyl (C=O) groups is 2. The number of ether oxygens (including phenoxy) is 1. The van der Waals surface area contributed by atoms with Crippen LogP contribution in [0.15, 0.2) is 36.0 Å². The maximum Gasteiger partial charge on any atom is 0.416 e. The number of benzene rings is 1. The Balaban J connectivity index is 1.38. The van der Waals surface area contributed by atoms with Crippen molar-refractivity contribution in [2.75, 3.05) is 26.2 Å². The number of nitrogens with zero attached hydrogens (tertiary/aromatic N) is 1. The zero-order valence-electron chi connectivity index (χ0n) is 20.3. The zero-order chi connectivity index (χ0) is 26.6. The molecule has 1 aromatic carbocycles. The normalized spacial score (nSPS) is 28.1. The van der Waals surface area contributed by atoms with E-state index in [1.807, 2.05) is 6.92 Å². The molecular formula is C25H31F3N4O4S. The Bertz CT molecular complexity index is 1070. The SMILES string of the molecule is CCOC1C(C2CNC[C@@H]2NC(=O)CNC(=O)c2cccc(C(F)(F)F)c2)CCC(O)C1c1cncs1. The van der Waals surface area contributed by atoms with E-state index in [0.717, 1.165) is 29.5 Å². The standard InChI is InChI=1S/C25H31F3N4O4S/c1-2-36-23-16(6-7-19(33)22(23)20-11-30-13-37-20)17-9-29-10-18(17)32-21(34)12-31-24(35)14-4-3-5-15(8-14)25(26,27)28/h3-5,8,11,13,16-19,22-23,29,33H,2,6-7,9-10,12H2,1H3,(H,31,35)(H,32,34)/t16?,17?,18-,19?,22?,23?/m0/s1. The molecule has 37 heavy (non-hydrogen) atoms. The zero-order valence-corrected chi connectivity index (χ0v) is 21.1. The Kier molecular flexibility index (Phi) is 8.83. The minimum Gasteiger partial charge on any atom is -0.392 e. The number of nitrogens with one attached hydrogen (secondary N) is 3.